The zero-order valence-corrected chi connectivity index (χ0v) is 12.1. The quantitative estimate of drug-likeness (QED) is 0.933. The molecule has 2 N–H and O–H groups in total. The molecule has 3 rings (SSSR count). The number of hydrogen-bond donors (Lipinski definition) is 1. The van der Waals surface area contributed by atoms with E-state index in [4.69, 9.17) is 15.5 Å². The zero-order chi connectivity index (χ0) is 14.1. The van der Waals surface area contributed by atoms with Crippen LogP contribution in [0.3, 0.4) is 0 Å². The lowest BCUT2D eigenvalue weighted by molar-refractivity contribution is 0.340. The largest absolute Gasteiger partial charge is 0.494 e. The topological polar surface area (TPSA) is 53.1 Å². The number of nitrogens with zero attached hydrogens (tertiary/aromatic N) is 2. The number of fused-ring (bicyclic) bond motifs is 1. The molecule has 0 saturated heterocycles. The predicted octanol–water partition coefficient (Wildman–Crippen LogP) is 3.11. The summed E-state index contributed by atoms with van der Waals surface area (Å²) in [6.07, 6.45) is 2.20. The minimum absolute atomic E-state index is 0.663. The zero-order valence-electron chi connectivity index (χ0n) is 12.1. The number of aromatic nitrogens is 2. The van der Waals surface area contributed by atoms with Gasteiger partial charge in [-0.05, 0) is 31.4 Å². The van der Waals surface area contributed by atoms with Gasteiger partial charge in [-0.1, -0.05) is 19.1 Å². The molecule has 0 fully saturated rings. The van der Waals surface area contributed by atoms with Crippen molar-refractivity contribution in [2.24, 2.45) is 5.92 Å². The molecule has 1 aliphatic heterocycles. The third-order valence-corrected chi connectivity index (χ3v) is 3.86. The lowest BCUT2D eigenvalue weighted by Gasteiger charge is -2.20. The summed E-state index contributed by atoms with van der Waals surface area (Å²) in [6, 6.07) is 8.00. The highest BCUT2D eigenvalue weighted by Crippen LogP contribution is 2.32. The Morgan fingerprint density at radius 3 is 3.10 bits per heavy atom. The second-order valence-corrected chi connectivity index (χ2v) is 5.48. The molecule has 20 heavy (non-hydrogen) atoms. The molecule has 0 radical (unpaired) electrons. The molecular weight excluding hydrogens is 250 g/mol. The lowest BCUT2D eigenvalue weighted by Crippen LogP contribution is -2.19. The predicted molar refractivity (Wildman–Crippen MR) is 80.7 cm³/mol. The summed E-state index contributed by atoms with van der Waals surface area (Å²) in [5.74, 6) is 3.42. The first-order valence-electron chi connectivity index (χ1n) is 7.27. The van der Waals surface area contributed by atoms with E-state index in [2.05, 4.69) is 11.5 Å². The van der Waals surface area contributed by atoms with Crippen molar-refractivity contribution in [1.29, 1.82) is 0 Å². The summed E-state index contributed by atoms with van der Waals surface area (Å²) in [6.45, 7) is 5.88. The normalized spacial score (nSPS) is 17.8. The van der Waals surface area contributed by atoms with Crippen LogP contribution in [0.2, 0.25) is 0 Å². The van der Waals surface area contributed by atoms with E-state index in [0.29, 0.717) is 12.5 Å². The van der Waals surface area contributed by atoms with E-state index in [1.54, 1.807) is 0 Å². The molecular formula is C16H21N3O. The average molecular weight is 271 g/mol. The summed E-state index contributed by atoms with van der Waals surface area (Å²) in [4.78, 5) is 4.74. The minimum atomic E-state index is 0.663. The fourth-order valence-corrected chi connectivity index (χ4v) is 2.80. The second kappa shape index (κ2) is 5.19. The summed E-state index contributed by atoms with van der Waals surface area (Å²) < 4.78 is 7.72. The Labute approximate surface area is 119 Å². The van der Waals surface area contributed by atoms with E-state index in [1.165, 1.54) is 6.42 Å². The van der Waals surface area contributed by atoms with Gasteiger partial charge in [-0.2, -0.15) is 0 Å². The van der Waals surface area contributed by atoms with Gasteiger partial charge >= 0.3 is 0 Å². The van der Waals surface area contributed by atoms with Gasteiger partial charge in [0, 0.05) is 18.5 Å². The summed E-state index contributed by atoms with van der Waals surface area (Å²) in [5, 5.41) is 0. The van der Waals surface area contributed by atoms with E-state index in [-0.39, 0.29) is 0 Å². The Balaban J connectivity index is 2.00. The van der Waals surface area contributed by atoms with Gasteiger partial charge in [-0.3, -0.25) is 0 Å². The van der Waals surface area contributed by atoms with Gasteiger partial charge in [-0.15, -0.1) is 0 Å². The van der Waals surface area contributed by atoms with Gasteiger partial charge < -0.3 is 15.0 Å². The highest BCUT2D eigenvalue weighted by molar-refractivity contribution is 5.72. The maximum absolute atomic E-state index is 6.30. The SMILES string of the molecule is CCOc1cccc(-c2nc3n(c2N)CC(C)CC3)c1. The average Bonchev–Trinajstić information content (AvgIpc) is 2.77. The van der Waals surface area contributed by atoms with E-state index in [9.17, 15) is 0 Å². The third kappa shape index (κ3) is 2.26. The molecule has 1 unspecified atom stereocenters. The Bertz CT molecular complexity index is 618. The van der Waals surface area contributed by atoms with Crippen molar-refractivity contribution in [1.82, 2.24) is 9.55 Å². The van der Waals surface area contributed by atoms with Crippen molar-refractivity contribution in [3.8, 4) is 17.0 Å². The van der Waals surface area contributed by atoms with Crippen LogP contribution < -0.4 is 10.5 Å². The number of nitrogen functional groups attached to an aromatic ring is 1. The maximum Gasteiger partial charge on any atom is 0.131 e. The number of anilines is 1. The van der Waals surface area contributed by atoms with Crippen LogP contribution in [-0.2, 0) is 13.0 Å². The van der Waals surface area contributed by atoms with Crippen molar-refractivity contribution < 1.29 is 4.74 Å². The van der Waals surface area contributed by atoms with Gasteiger partial charge in [0.25, 0.3) is 0 Å². The van der Waals surface area contributed by atoms with Crippen LogP contribution in [0.15, 0.2) is 24.3 Å². The van der Waals surface area contributed by atoms with E-state index in [0.717, 1.165) is 41.6 Å². The number of hydrogen-bond acceptors (Lipinski definition) is 3. The van der Waals surface area contributed by atoms with Gasteiger partial charge in [0.2, 0.25) is 0 Å². The van der Waals surface area contributed by atoms with Gasteiger partial charge in [0.15, 0.2) is 0 Å². The smallest absolute Gasteiger partial charge is 0.131 e. The van der Waals surface area contributed by atoms with Crippen LogP contribution in [0.5, 0.6) is 5.75 Å². The molecule has 1 aromatic heterocycles. The summed E-state index contributed by atoms with van der Waals surface area (Å²) in [5.41, 5.74) is 8.22. The molecule has 4 nitrogen and oxygen atoms in total. The van der Waals surface area contributed by atoms with Crippen molar-refractivity contribution in [2.75, 3.05) is 12.3 Å². The first-order valence-corrected chi connectivity index (χ1v) is 7.27. The second-order valence-electron chi connectivity index (χ2n) is 5.48. The highest BCUT2D eigenvalue weighted by Gasteiger charge is 2.22. The molecule has 2 aromatic rings. The third-order valence-electron chi connectivity index (χ3n) is 3.86. The van der Waals surface area contributed by atoms with E-state index < -0.39 is 0 Å². The summed E-state index contributed by atoms with van der Waals surface area (Å²) >= 11 is 0. The summed E-state index contributed by atoms with van der Waals surface area (Å²) in [7, 11) is 0. The minimum Gasteiger partial charge on any atom is -0.494 e. The van der Waals surface area contributed by atoms with Crippen LogP contribution in [0.4, 0.5) is 5.82 Å². The molecule has 4 heteroatoms. The van der Waals surface area contributed by atoms with Crippen molar-refractivity contribution in [3.63, 3.8) is 0 Å². The fraction of sp³-hybridized carbons (Fsp3) is 0.438. The molecule has 0 amide bonds. The van der Waals surface area contributed by atoms with E-state index in [1.807, 2.05) is 31.2 Å². The van der Waals surface area contributed by atoms with E-state index >= 15 is 0 Å². The van der Waals surface area contributed by atoms with Crippen LogP contribution in [0.1, 0.15) is 26.1 Å². The van der Waals surface area contributed by atoms with Crippen LogP contribution in [0.25, 0.3) is 11.3 Å². The molecule has 1 atom stereocenters. The molecule has 106 valence electrons. The first kappa shape index (κ1) is 13.0. The number of rotatable bonds is 3. The number of imidazole rings is 1. The number of benzene rings is 1. The molecule has 2 heterocycles. The molecule has 0 aliphatic carbocycles. The standard InChI is InChI=1S/C16H21N3O/c1-3-20-13-6-4-5-12(9-13)15-16(17)19-10-11(2)7-8-14(19)18-15/h4-6,9,11H,3,7-8,10,17H2,1-2H3. The molecule has 0 bridgehead atoms. The first-order chi connectivity index (χ1) is 9.69. The Hall–Kier alpha value is -1.97. The van der Waals surface area contributed by atoms with Crippen molar-refractivity contribution in [2.45, 2.75) is 33.2 Å². The number of aryl methyl sites for hydroxylation is 1. The van der Waals surface area contributed by atoms with Gasteiger partial charge in [0.05, 0.1) is 6.61 Å². The van der Waals surface area contributed by atoms with Crippen molar-refractivity contribution >= 4 is 5.82 Å². The maximum atomic E-state index is 6.30. The van der Waals surface area contributed by atoms with Crippen LogP contribution in [0, 0.1) is 5.92 Å². The van der Waals surface area contributed by atoms with Crippen LogP contribution in [-0.4, -0.2) is 16.2 Å². The Morgan fingerprint density at radius 1 is 1.45 bits per heavy atom. The van der Waals surface area contributed by atoms with Crippen LogP contribution >= 0.6 is 0 Å². The molecule has 0 saturated carbocycles. The molecule has 0 spiro atoms. The molecule has 1 aliphatic rings. The van der Waals surface area contributed by atoms with Gasteiger partial charge in [-0.25, -0.2) is 4.98 Å². The van der Waals surface area contributed by atoms with Gasteiger partial charge in [0.1, 0.15) is 23.1 Å². The fourth-order valence-electron chi connectivity index (χ4n) is 2.80. The highest BCUT2D eigenvalue weighted by atomic mass is 16.5. The Kier molecular flexibility index (Phi) is 3.38. The lowest BCUT2D eigenvalue weighted by atomic mass is 10.0. The monoisotopic (exact) mass is 271 g/mol. The van der Waals surface area contributed by atoms with Crippen molar-refractivity contribution in [3.05, 3.63) is 30.1 Å². The molecule has 1 aromatic carbocycles. The Morgan fingerprint density at radius 2 is 2.30 bits per heavy atom. The number of nitrogens with two attached hydrogens (primary N) is 1. The number of ether oxygens (including phenoxy) is 1.